The Morgan fingerprint density at radius 3 is 2.25 bits per heavy atom. The minimum atomic E-state index is 0.0520. The van der Waals surface area contributed by atoms with Crippen LogP contribution in [-0.2, 0) is 11.2 Å². The van der Waals surface area contributed by atoms with Gasteiger partial charge in [0.05, 0.1) is 0 Å². The summed E-state index contributed by atoms with van der Waals surface area (Å²) in [6.07, 6.45) is 1.73. The van der Waals surface area contributed by atoms with Crippen LogP contribution in [0, 0.1) is 17.3 Å². The summed E-state index contributed by atoms with van der Waals surface area (Å²) in [5, 5.41) is 3.09. The fraction of sp³-hybridized carbons (Fsp3) is 0.611. The highest BCUT2D eigenvalue weighted by Gasteiger charge is 2.25. The molecule has 0 saturated heterocycles. The minimum absolute atomic E-state index is 0.0520. The van der Waals surface area contributed by atoms with E-state index < -0.39 is 0 Å². The van der Waals surface area contributed by atoms with E-state index >= 15 is 0 Å². The normalized spacial score (nSPS) is 13.3. The molecule has 0 aromatic heterocycles. The van der Waals surface area contributed by atoms with Gasteiger partial charge >= 0.3 is 0 Å². The van der Waals surface area contributed by atoms with Crippen molar-refractivity contribution in [2.75, 3.05) is 6.54 Å². The number of carbonyl (C=O) groups excluding carboxylic acids is 1. The highest BCUT2D eigenvalue weighted by Crippen LogP contribution is 2.27. The maximum Gasteiger partial charge on any atom is 0.223 e. The summed E-state index contributed by atoms with van der Waals surface area (Å²) in [4.78, 5) is 12.4. The Morgan fingerprint density at radius 2 is 1.75 bits per heavy atom. The molecular formula is C18H29NO. The fourth-order valence-corrected chi connectivity index (χ4v) is 2.34. The van der Waals surface area contributed by atoms with Crippen LogP contribution in [-0.4, -0.2) is 12.5 Å². The molecule has 0 saturated carbocycles. The zero-order valence-corrected chi connectivity index (χ0v) is 13.6. The van der Waals surface area contributed by atoms with Crippen molar-refractivity contribution in [3.05, 3.63) is 35.9 Å². The van der Waals surface area contributed by atoms with Gasteiger partial charge in [-0.3, -0.25) is 4.79 Å². The summed E-state index contributed by atoms with van der Waals surface area (Å²) in [5.41, 5.74) is 1.40. The van der Waals surface area contributed by atoms with E-state index in [0.29, 0.717) is 5.92 Å². The number of nitrogens with one attached hydrogen (secondary N) is 1. The van der Waals surface area contributed by atoms with E-state index in [2.05, 4.69) is 52.1 Å². The second kappa shape index (κ2) is 7.47. The van der Waals surface area contributed by atoms with Crippen LogP contribution >= 0.6 is 0 Å². The van der Waals surface area contributed by atoms with Crippen molar-refractivity contribution in [3.8, 4) is 0 Å². The molecule has 0 aliphatic rings. The lowest BCUT2D eigenvalue weighted by Gasteiger charge is -2.26. The highest BCUT2D eigenvalue weighted by molar-refractivity contribution is 5.79. The Bertz CT molecular complexity index is 403. The lowest BCUT2D eigenvalue weighted by atomic mass is 9.81. The quantitative estimate of drug-likeness (QED) is 0.833. The van der Waals surface area contributed by atoms with Gasteiger partial charge in [0, 0.05) is 12.5 Å². The predicted molar refractivity (Wildman–Crippen MR) is 85.6 cm³/mol. The summed E-state index contributed by atoms with van der Waals surface area (Å²) in [6.45, 7) is 11.6. The molecule has 112 valence electrons. The molecular weight excluding hydrogens is 246 g/mol. The Balaban J connectivity index is 2.72. The minimum Gasteiger partial charge on any atom is -0.356 e. The first kappa shape index (κ1) is 16.7. The van der Waals surface area contributed by atoms with E-state index in [0.717, 1.165) is 19.4 Å². The second-order valence-corrected chi connectivity index (χ2v) is 7.29. The van der Waals surface area contributed by atoms with Crippen LogP contribution in [0.4, 0.5) is 0 Å². The first-order chi connectivity index (χ1) is 9.28. The first-order valence-electron chi connectivity index (χ1n) is 7.59. The summed E-state index contributed by atoms with van der Waals surface area (Å²) < 4.78 is 0. The number of carbonyl (C=O) groups is 1. The smallest absolute Gasteiger partial charge is 0.223 e. The van der Waals surface area contributed by atoms with E-state index in [-0.39, 0.29) is 17.2 Å². The number of hydrogen-bond acceptors (Lipinski definition) is 1. The first-order valence-corrected chi connectivity index (χ1v) is 7.59. The Labute approximate surface area is 124 Å². The molecule has 2 nitrogen and oxygen atoms in total. The average Bonchev–Trinajstić information content (AvgIpc) is 2.34. The Morgan fingerprint density at radius 1 is 1.15 bits per heavy atom. The van der Waals surface area contributed by atoms with Gasteiger partial charge in [-0.2, -0.15) is 0 Å². The molecule has 0 fully saturated rings. The van der Waals surface area contributed by atoms with E-state index in [1.54, 1.807) is 0 Å². The molecule has 1 amide bonds. The third-order valence-corrected chi connectivity index (χ3v) is 3.24. The number of rotatable bonds is 6. The molecule has 0 aliphatic carbocycles. The predicted octanol–water partition coefficient (Wildman–Crippen LogP) is 4.05. The van der Waals surface area contributed by atoms with Gasteiger partial charge in [0.2, 0.25) is 5.91 Å². The van der Waals surface area contributed by atoms with Crippen molar-refractivity contribution >= 4 is 5.91 Å². The van der Waals surface area contributed by atoms with Crippen molar-refractivity contribution in [2.24, 2.45) is 17.3 Å². The molecule has 1 unspecified atom stereocenters. The third kappa shape index (κ3) is 6.74. The number of benzene rings is 1. The van der Waals surface area contributed by atoms with Gasteiger partial charge in [0.1, 0.15) is 0 Å². The molecule has 1 rings (SSSR count). The monoisotopic (exact) mass is 275 g/mol. The van der Waals surface area contributed by atoms with Crippen molar-refractivity contribution in [1.82, 2.24) is 5.32 Å². The van der Waals surface area contributed by atoms with Crippen molar-refractivity contribution in [2.45, 2.75) is 47.5 Å². The molecule has 0 aliphatic heterocycles. The van der Waals surface area contributed by atoms with E-state index in [9.17, 15) is 4.79 Å². The standard InChI is InChI=1S/C18H29NO/c1-14(2)13-19-17(20)16(12-18(3,4)5)11-15-9-7-6-8-10-15/h6-10,14,16H,11-13H2,1-5H3,(H,19,20). The SMILES string of the molecule is CC(C)CNC(=O)C(Cc1ccccc1)CC(C)(C)C. The molecule has 0 spiro atoms. The van der Waals surface area contributed by atoms with Crippen molar-refractivity contribution < 1.29 is 4.79 Å². The third-order valence-electron chi connectivity index (χ3n) is 3.24. The van der Waals surface area contributed by atoms with Crippen LogP contribution in [0.3, 0.4) is 0 Å². The highest BCUT2D eigenvalue weighted by atomic mass is 16.1. The summed E-state index contributed by atoms with van der Waals surface area (Å²) >= 11 is 0. The van der Waals surface area contributed by atoms with Crippen LogP contribution in [0.5, 0.6) is 0 Å². The zero-order valence-electron chi connectivity index (χ0n) is 13.6. The van der Waals surface area contributed by atoms with Gasteiger partial charge in [-0.15, -0.1) is 0 Å². The molecule has 20 heavy (non-hydrogen) atoms. The lowest BCUT2D eigenvalue weighted by molar-refractivity contribution is -0.126. The van der Waals surface area contributed by atoms with Gasteiger partial charge in [-0.1, -0.05) is 65.0 Å². The van der Waals surface area contributed by atoms with E-state index in [1.165, 1.54) is 5.56 Å². The summed E-state index contributed by atoms with van der Waals surface area (Å²) in [6, 6.07) is 10.3. The van der Waals surface area contributed by atoms with Gasteiger partial charge in [0.15, 0.2) is 0 Å². The van der Waals surface area contributed by atoms with Crippen LogP contribution in [0.25, 0.3) is 0 Å². The van der Waals surface area contributed by atoms with Gasteiger partial charge in [-0.05, 0) is 29.7 Å². The number of amides is 1. The van der Waals surface area contributed by atoms with E-state index in [1.807, 2.05) is 18.2 Å². The van der Waals surface area contributed by atoms with E-state index in [4.69, 9.17) is 0 Å². The average molecular weight is 275 g/mol. The van der Waals surface area contributed by atoms with Gasteiger partial charge in [0.25, 0.3) is 0 Å². The van der Waals surface area contributed by atoms with Crippen molar-refractivity contribution in [3.63, 3.8) is 0 Å². The lowest BCUT2D eigenvalue weighted by Crippen LogP contribution is -2.36. The molecule has 0 bridgehead atoms. The summed E-state index contributed by atoms with van der Waals surface area (Å²) in [7, 11) is 0. The van der Waals surface area contributed by atoms with Crippen LogP contribution in [0.2, 0.25) is 0 Å². The maximum atomic E-state index is 12.4. The Kier molecular flexibility index (Phi) is 6.25. The van der Waals surface area contributed by atoms with Crippen LogP contribution in [0.15, 0.2) is 30.3 Å². The summed E-state index contributed by atoms with van der Waals surface area (Å²) in [5.74, 6) is 0.736. The molecule has 1 aromatic rings. The molecule has 1 N–H and O–H groups in total. The maximum absolute atomic E-state index is 12.4. The molecule has 2 heteroatoms. The van der Waals surface area contributed by atoms with Gasteiger partial charge < -0.3 is 5.32 Å². The Hall–Kier alpha value is -1.31. The fourth-order valence-electron chi connectivity index (χ4n) is 2.34. The number of hydrogen-bond donors (Lipinski definition) is 1. The molecule has 0 heterocycles. The van der Waals surface area contributed by atoms with Gasteiger partial charge in [-0.25, -0.2) is 0 Å². The molecule has 1 aromatic carbocycles. The van der Waals surface area contributed by atoms with Crippen molar-refractivity contribution in [1.29, 1.82) is 0 Å². The second-order valence-electron chi connectivity index (χ2n) is 7.29. The topological polar surface area (TPSA) is 29.1 Å². The largest absolute Gasteiger partial charge is 0.356 e. The molecule has 1 atom stereocenters. The van der Waals surface area contributed by atoms with Crippen LogP contribution in [0.1, 0.15) is 46.6 Å². The molecule has 0 radical (unpaired) electrons. The zero-order chi connectivity index (χ0) is 15.2. The van der Waals surface area contributed by atoms with Crippen LogP contribution < -0.4 is 5.32 Å².